The van der Waals surface area contributed by atoms with E-state index in [-0.39, 0.29) is 5.91 Å². The Labute approximate surface area is 73.9 Å². The van der Waals surface area contributed by atoms with Gasteiger partial charge in [0.15, 0.2) is 0 Å². The van der Waals surface area contributed by atoms with Crippen molar-refractivity contribution in [2.75, 3.05) is 13.1 Å². The van der Waals surface area contributed by atoms with Gasteiger partial charge in [-0.3, -0.25) is 4.79 Å². The van der Waals surface area contributed by atoms with Crippen molar-refractivity contribution in [1.82, 2.24) is 4.90 Å². The molecule has 0 saturated carbocycles. The molecule has 1 heterocycles. The fraction of sp³-hybridized carbons (Fsp3) is 0.700. The summed E-state index contributed by atoms with van der Waals surface area (Å²) in [4.78, 5) is 13.1. The molecule has 1 amide bonds. The second-order valence-corrected chi connectivity index (χ2v) is 3.54. The minimum Gasteiger partial charge on any atom is -0.331 e. The Bertz CT molecular complexity index is 226. The molecule has 2 heteroatoms. The molecule has 2 nitrogen and oxygen atoms in total. The lowest BCUT2D eigenvalue weighted by Crippen LogP contribution is -2.27. The highest BCUT2D eigenvalue weighted by Crippen LogP contribution is 2.21. The lowest BCUT2D eigenvalue weighted by atomic mass is 10.0. The summed E-state index contributed by atoms with van der Waals surface area (Å²) in [5.41, 5.74) is 0. The van der Waals surface area contributed by atoms with Crippen LogP contribution in [-0.4, -0.2) is 23.9 Å². The topological polar surface area (TPSA) is 20.3 Å². The van der Waals surface area contributed by atoms with Crippen LogP contribution in [0.15, 0.2) is 0 Å². The van der Waals surface area contributed by atoms with Crippen LogP contribution < -0.4 is 0 Å². The Hall–Kier alpha value is -0.970. The highest BCUT2D eigenvalue weighted by molar-refractivity contribution is 5.93. The van der Waals surface area contributed by atoms with Crippen LogP contribution in [0.4, 0.5) is 0 Å². The molecule has 0 aliphatic carbocycles. The first-order valence-corrected chi connectivity index (χ1v) is 4.36. The van der Waals surface area contributed by atoms with E-state index in [4.69, 9.17) is 0 Å². The molecule has 1 saturated heterocycles. The molecule has 2 unspecified atom stereocenters. The summed E-state index contributed by atoms with van der Waals surface area (Å²) in [6.07, 6.45) is 0. The molecule has 0 aromatic rings. The molecule has 1 aliphatic heterocycles. The van der Waals surface area contributed by atoms with Gasteiger partial charge in [0.05, 0.1) is 0 Å². The summed E-state index contributed by atoms with van der Waals surface area (Å²) < 4.78 is 0. The van der Waals surface area contributed by atoms with Crippen molar-refractivity contribution < 1.29 is 4.79 Å². The van der Waals surface area contributed by atoms with Crippen molar-refractivity contribution in [3.63, 3.8) is 0 Å². The molecule has 1 fully saturated rings. The lowest BCUT2D eigenvalue weighted by Gasteiger charge is -2.10. The number of likely N-dealkylation sites (tertiary alicyclic amines) is 1. The molecule has 66 valence electrons. The highest BCUT2D eigenvalue weighted by Gasteiger charge is 2.28. The fourth-order valence-corrected chi connectivity index (χ4v) is 1.48. The molecule has 0 aromatic heterocycles. The van der Waals surface area contributed by atoms with Gasteiger partial charge in [0.25, 0.3) is 5.91 Å². The normalized spacial score (nSPS) is 28.1. The first-order chi connectivity index (χ1) is 5.65. The third-order valence-electron chi connectivity index (χ3n) is 2.51. The maximum atomic E-state index is 11.3. The molecular formula is C10H15NO. The number of nitrogens with zero attached hydrogens (tertiary/aromatic N) is 1. The molecule has 0 N–H and O–H groups in total. The summed E-state index contributed by atoms with van der Waals surface area (Å²) in [6.45, 7) is 7.79. The smallest absolute Gasteiger partial charge is 0.298 e. The van der Waals surface area contributed by atoms with Crippen molar-refractivity contribution in [2.45, 2.75) is 20.8 Å². The van der Waals surface area contributed by atoms with Gasteiger partial charge >= 0.3 is 0 Å². The minimum atomic E-state index is -0.0197. The van der Waals surface area contributed by atoms with Crippen molar-refractivity contribution >= 4 is 5.91 Å². The van der Waals surface area contributed by atoms with Gasteiger partial charge in [-0.05, 0) is 24.7 Å². The molecular weight excluding hydrogens is 150 g/mol. The predicted octanol–water partition coefficient (Wildman–Crippen LogP) is 1.12. The van der Waals surface area contributed by atoms with Crippen LogP contribution in [0.5, 0.6) is 0 Å². The summed E-state index contributed by atoms with van der Waals surface area (Å²) in [5.74, 6) is 6.41. The van der Waals surface area contributed by atoms with Crippen LogP contribution in [-0.2, 0) is 4.79 Å². The van der Waals surface area contributed by atoms with Gasteiger partial charge < -0.3 is 4.90 Å². The van der Waals surface area contributed by atoms with Gasteiger partial charge in [-0.15, -0.1) is 0 Å². The Morgan fingerprint density at radius 2 is 1.83 bits per heavy atom. The number of carbonyl (C=O) groups is 1. The van der Waals surface area contributed by atoms with Gasteiger partial charge in [-0.2, -0.15) is 0 Å². The Kier molecular flexibility index (Phi) is 2.75. The highest BCUT2D eigenvalue weighted by atomic mass is 16.2. The van der Waals surface area contributed by atoms with Crippen molar-refractivity contribution in [2.24, 2.45) is 11.8 Å². The third kappa shape index (κ3) is 1.79. The first-order valence-electron chi connectivity index (χ1n) is 4.36. The van der Waals surface area contributed by atoms with Gasteiger partial charge in [0.2, 0.25) is 0 Å². The van der Waals surface area contributed by atoms with Gasteiger partial charge in [-0.1, -0.05) is 19.8 Å². The monoisotopic (exact) mass is 165 g/mol. The van der Waals surface area contributed by atoms with E-state index in [1.807, 2.05) is 4.90 Å². The number of amides is 1. The zero-order chi connectivity index (χ0) is 9.14. The van der Waals surface area contributed by atoms with Crippen molar-refractivity contribution in [3.8, 4) is 11.8 Å². The SMILES string of the molecule is CC#CC(=O)N1CC(C)C(C)C1. The summed E-state index contributed by atoms with van der Waals surface area (Å²) in [5, 5.41) is 0. The van der Waals surface area contributed by atoms with Crippen LogP contribution in [0.3, 0.4) is 0 Å². The van der Waals surface area contributed by atoms with E-state index in [1.54, 1.807) is 6.92 Å². The average Bonchev–Trinajstić information content (AvgIpc) is 2.33. The molecule has 0 spiro atoms. The number of hydrogen-bond acceptors (Lipinski definition) is 1. The Morgan fingerprint density at radius 1 is 1.33 bits per heavy atom. The van der Waals surface area contributed by atoms with E-state index in [0.717, 1.165) is 13.1 Å². The molecule has 0 radical (unpaired) electrons. The Balaban J connectivity index is 2.55. The maximum Gasteiger partial charge on any atom is 0.298 e. The van der Waals surface area contributed by atoms with Crippen LogP contribution >= 0.6 is 0 Å². The number of rotatable bonds is 0. The summed E-state index contributed by atoms with van der Waals surface area (Å²) >= 11 is 0. The second-order valence-electron chi connectivity index (χ2n) is 3.54. The Morgan fingerprint density at radius 3 is 2.25 bits per heavy atom. The van der Waals surface area contributed by atoms with Gasteiger partial charge in [-0.25, -0.2) is 0 Å². The fourth-order valence-electron chi connectivity index (χ4n) is 1.48. The molecule has 0 bridgehead atoms. The van der Waals surface area contributed by atoms with Gasteiger partial charge in [0, 0.05) is 13.1 Å². The number of hydrogen-bond donors (Lipinski definition) is 0. The summed E-state index contributed by atoms with van der Waals surface area (Å²) in [6, 6.07) is 0. The van der Waals surface area contributed by atoms with Crippen molar-refractivity contribution in [1.29, 1.82) is 0 Å². The van der Waals surface area contributed by atoms with Crippen LogP contribution in [0.1, 0.15) is 20.8 Å². The third-order valence-corrected chi connectivity index (χ3v) is 2.51. The molecule has 0 aromatic carbocycles. The lowest BCUT2D eigenvalue weighted by molar-refractivity contribution is -0.124. The van der Waals surface area contributed by atoms with E-state index in [2.05, 4.69) is 25.7 Å². The van der Waals surface area contributed by atoms with E-state index in [0.29, 0.717) is 11.8 Å². The summed E-state index contributed by atoms with van der Waals surface area (Å²) in [7, 11) is 0. The van der Waals surface area contributed by atoms with E-state index in [1.165, 1.54) is 0 Å². The number of carbonyl (C=O) groups excluding carboxylic acids is 1. The van der Waals surface area contributed by atoms with E-state index < -0.39 is 0 Å². The minimum absolute atomic E-state index is 0.0197. The maximum absolute atomic E-state index is 11.3. The zero-order valence-electron chi connectivity index (χ0n) is 7.92. The first kappa shape index (κ1) is 9.12. The average molecular weight is 165 g/mol. The second kappa shape index (κ2) is 3.62. The largest absolute Gasteiger partial charge is 0.331 e. The van der Waals surface area contributed by atoms with Crippen LogP contribution in [0, 0.1) is 23.7 Å². The quantitative estimate of drug-likeness (QED) is 0.493. The van der Waals surface area contributed by atoms with Crippen molar-refractivity contribution in [3.05, 3.63) is 0 Å². The van der Waals surface area contributed by atoms with E-state index >= 15 is 0 Å². The molecule has 2 atom stereocenters. The van der Waals surface area contributed by atoms with E-state index in [9.17, 15) is 4.79 Å². The molecule has 1 aliphatic rings. The standard InChI is InChI=1S/C10H15NO/c1-4-5-10(12)11-6-8(2)9(3)7-11/h8-9H,6-7H2,1-3H3. The molecule has 12 heavy (non-hydrogen) atoms. The zero-order valence-corrected chi connectivity index (χ0v) is 7.92. The van der Waals surface area contributed by atoms with Gasteiger partial charge in [0.1, 0.15) is 0 Å². The molecule has 1 rings (SSSR count). The van der Waals surface area contributed by atoms with Crippen LogP contribution in [0.25, 0.3) is 0 Å². The van der Waals surface area contributed by atoms with Crippen LogP contribution in [0.2, 0.25) is 0 Å². The predicted molar refractivity (Wildman–Crippen MR) is 48.4 cm³/mol.